The van der Waals surface area contributed by atoms with Crippen LogP contribution in [0.1, 0.15) is 25.7 Å². The number of alkyl halides is 2. The SMILES string of the molecule is CO[C@H]1CCCN(c2ncc(Cl)c(Nc3ccc4c(c3)c3c(c(=O)n4C)OCC(F)(F)[C@H](C4CC4)N3)n2)C1. The number of hydrogen-bond donors (Lipinski definition) is 2. The maximum atomic E-state index is 14.9. The van der Waals surface area contributed by atoms with Gasteiger partial charge in [0.15, 0.2) is 12.4 Å². The van der Waals surface area contributed by atoms with Crippen LogP contribution in [0, 0.1) is 5.92 Å². The fraction of sp³-hybridized carbons (Fsp3) is 0.500. The molecule has 0 spiro atoms. The van der Waals surface area contributed by atoms with Crippen molar-refractivity contribution in [1.82, 2.24) is 14.5 Å². The van der Waals surface area contributed by atoms with Gasteiger partial charge in [-0.1, -0.05) is 11.6 Å². The van der Waals surface area contributed by atoms with E-state index in [0.29, 0.717) is 39.9 Å². The predicted molar refractivity (Wildman–Crippen MR) is 142 cm³/mol. The van der Waals surface area contributed by atoms with Crippen molar-refractivity contribution in [2.45, 2.75) is 43.8 Å². The number of nitrogens with one attached hydrogen (secondary N) is 2. The lowest BCUT2D eigenvalue weighted by Crippen LogP contribution is -2.44. The van der Waals surface area contributed by atoms with Gasteiger partial charge in [0.25, 0.3) is 5.56 Å². The highest BCUT2D eigenvalue weighted by molar-refractivity contribution is 6.32. The lowest BCUT2D eigenvalue weighted by atomic mass is 10.0. The lowest BCUT2D eigenvalue weighted by Gasteiger charge is -2.32. The third-order valence-electron chi connectivity index (χ3n) is 7.60. The molecule has 9 nitrogen and oxygen atoms in total. The Morgan fingerprint density at radius 2 is 2.11 bits per heavy atom. The zero-order valence-electron chi connectivity index (χ0n) is 21.1. The molecule has 1 aliphatic carbocycles. The summed E-state index contributed by atoms with van der Waals surface area (Å²) in [5.74, 6) is -2.40. The van der Waals surface area contributed by atoms with Crippen LogP contribution in [0.15, 0.2) is 29.2 Å². The molecule has 2 aliphatic heterocycles. The van der Waals surface area contributed by atoms with Crippen LogP contribution in [0.5, 0.6) is 5.75 Å². The number of hydrogen-bond acceptors (Lipinski definition) is 8. The Morgan fingerprint density at radius 1 is 1.29 bits per heavy atom. The highest BCUT2D eigenvalue weighted by atomic mass is 35.5. The first kappa shape index (κ1) is 25.1. The molecule has 1 aromatic carbocycles. The molecule has 0 radical (unpaired) electrons. The Kier molecular flexibility index (Phi) is 6.30. The van der Waals surface area contributed by atoms with Gasteiger partial charge >= 0.3 is 5.92 Å². The molecule has 202 valence electrons. The Bertz CT molecular complexity index is 1450. The number of benzene rings is 1. The first-order valence-electron chi connectivity index (χ1n) is 12.8. The van der Waals surface area contributed by atoms with Crippen molar-refractivity contribution in [1.29, 1.82) is 0 Å². The highest BCUT2D eigenvalue weighted by Crippen LogP contribution is 2.45. The van der Waals surface area contributed by atoms with Gasteiger partial charge in [0.2, 0.25) is 11.7 Å². The topological polar surface area (TPSA) is 93.5 Å². The van der Waals surface area contributed by atoms with E-state index in [1.54, 1.807) is 38.6 Å². The van der Waals surface area contributed by atoms with E-state index in [2.05, 4.69) is 25.5 Å². The van der Waals surface area contributed by atoms with E-state index in [1.807, 2.05) is 0 Å². The molecule has 1 saturated carbocycles. The second kappa shape index (κ2) is 9.53. The summed E-state index contributed by atoms with van der Waals surface area (Å²) in [6.45, 7) is 0.661. The third-order valence-corrected chi connectivity index (χ3v) is 7.88. The Labute approximate surface area is 223 Å². The maximum absolute atomic E-state index is 14.9. The molecule has 3 aromatic rings. The van der Waals surface area contributed by atoms with Crippen LogP contribution in [-0.4, -0.2) is 59.4 Å². The molecule has 1 saturated heterocycles. The van der Waals surface area contributed by atoms with Crippen molar-refractivity contribution in [3.05, 3.63) is 39.8 Å². The smallest absolute Gasteiger partial charge is 0.301 e. The molecule has 38 heavy (non-hydrogen) atoms. The number of piperidine rings is 1. The molecule has 2 N–H and O–H groups in total. The van der Waals surface area contributed by atoms with Crippen LogP contribution < -0.4 is 25.8 Å². The van der Waals surface area contributed by atoms with Crippen LogP contribution in [0.2, 0.25) is 5.02 Å². The van der Waals surface area contributed by atoms with Gasteiger partial charge in [0, 0.05) is 38.3 Å². The number of aryl methyl sites for hydroxylation is 1. The van der Waals surface area contributed by atoms with Crippen LogP contribution in [-0.2, 0) is 11.8 Å². The van der Waals surface area contributed by atoms with E-state index in [1.165, 1.54) is 4.57 Å². The van der Waals surface area contributed by atoms with E-state index in [4.69, 9.17) is 21.1 Å². The van der Waals surface area contributed by atoms with E-state index in [9.17, 15) is 13.6 Å². The van der Waals surface area contributed by atoms with Gasteiger partial charge in [0.1, 0.15) is 5.02 Å². The maximum Gasteiger partial charge on any atom is 0.301 e. The average molecular weight is 547 g/mol. The van der Waals surface area contributed by atoms with Crippen molar-refractivity contribution in [2.24, 2.45) is 13.0 Å². The first-order chi connectivity index (χ1) is 18.2. The van der Waals surface area contributed by atoms with Gasteiger partial charge in [-0.2, -0.15) is 4.98 Å². The van der Waals surface area contributed by atoms with Crippen LogP contribution >= 0.6 is 11.6 Å². The number of fused-ring (bicyclic) bond motifs is 3. The standard InChI is InChI=1S/C26H29ClF2N6O3/c1-34-19-8-7-15(31-23-18(27)11-30-25(33-23)35-9-3-4-16(12-35)37-2)10-17(19)20-21(24(34)36)38-13-26(28,29)22(32-20)14-5-6-14/h7-8,10-11,14,16,22,32H,3-6,9,12-13H2,1-2H3,(H,30,31,33)/t16-,22-/m0/s1. The summed E-state index contributed by atoms with van der Waals surface area (Å²) in [6, 6.07) is 4.24. The van der Waals surface area contributed by atoms with Crippen LogP contribution in [0.3, 0.4) is 0 Å². The van der Waals surface area contributed by atoms with Gasteiger partial charge < -0.3 is 29.6 Å². The molecular formula is C26H29ClF2N6O3. The molecule has 0 bridgehead atoms. The normalized spacial score (nSPS) is 22.8. The van der Waals surface area contributed by atoms with Crippen molar-refractivity contribution >= 4 is 45.6 Å². The van der Waals surface area contributed by atoms with E-state index >= 15 is 0 Å². The minimum Gasteiger partial charge on any atom is -0.480 e. The Hall–Kier alpha value is -3.18. The summed E-state index contributed by atoms with van der Waals surface area (Å²) in [4.78, 5) is 24.2. The zero-order valence-corrected chi connectivity index (χ0v) is 21.9. The minimum atomic E-state index is -3.10. The summed E-state index contributed by atoms with van der Waals surface area (Å²) >= 11 is 6.44. The largest absolute Gasteiger partial charge is 0.480 e. The molecule has 4 heterocycles. The van der Waals surface area contributed by atoms with E-state index < -0.39 is 24.1 Å². The number of pyridine rings is 1. The fourth-order valence-corrected chi connectivity index (χ4v) is 5.47. The third kappa shape index (κ3) is 4.51. The Morgan fingerprint density at radius 3 is 2.87 bits per heavy atom. The van der Waals surface area contributed by atoms with Crippen molar-refractivity contribution in [3.63, 3.8) is 0 Å². The second-order valence-electron chi connectivity index (χ2n) is 10.2. The number of methoxy groups -OCH3 is 1. The highest BCUT2D eigenvalue weighted by Gasteiger charge is 2.51. The van der Waals surface area contributed by atoms with Crippen molar-refractivity contribution in [2.75, 3.05) is 42.3 Å². The quantitative estimate of drug-likeness (QED) is 0.481. The molecule has 6 rings (SSSR count). The molecule has 2 aromatic heterocycles. The number of rotatable bonds is 5. The molecule has 0 unspecified atom stereocenters. The van der Waals surface area contributed by atoms with E-state index in [0.717, 1.165) is 32.2 Å². The minimum absolute atomic E-state index is 0.0971. The lowest BCUT2D eigenvalue weighted by molar-refractivity contribution is -0.0579. The summed E-state index contributed by atoms with van der Waals surface area (Å²) in [6.07, 6.45) is 5.06. The monoisotopic (exact) mass is 546 g/mol. The summed E-state index contributed by atoms with van der Waals surface area (Å²) in [7, 11) is 3.30. The molecular weight excluding hydrogens is 518 g/mol. The number of ether oxygens (including phenoxy) is 2. The summed E-state index contributed by atoms with van der Waals surface area (Å²) in [5.41, 5.74) is 1.03. The predicted octanol–water partition coefficient (Wildman–Crippen LogP) is 4.56. The summed E-state index contributed by atoms with van der Waals surface area (Å²) in [5, 5.41) is 7.16. The van der Waals surface area contributed by atoms with E-state index in [-0.39, 0.29) is 23.5 Å². The molecule has 12 heteroatoms. The first-order valence-corrected chi connectivity index (χ1v) is 13.1. The molecule has 2 fully saturated rings. The average Bonchev–Trinajstić information content (AvgIpc) is 3.76. The zero-order chi connectivity index (χ0) is 26.6. The summed E-state index contributed by atoms with van der Waals surface area (Å²) < 4.78 is 42.2. The van der Waals surface area contributed by atoms with Gasteiger partial charge in [-0.3, -0.25) is 4.79 Å². The molecule has 3 aliphatic rings. The number of anilines is 4. The van der Waals surface area contributed by atoms with Gasteiger partial charge in [-0.25, -0.2) is 13.8 Å². The molecule has 0 amide bonds. The van der Waals surface area contributed by atoms with Gasteiger partial charge in [-0.15, -0.1) is 0 Å². The fourth-order valence-electron chi connectivity index (χ4n) is 5.33. The molecule has 2 atom stereocenters. The van der Waals surface area contributed by atoms with Crippen molar-refractivity contribution in [3.8, 4) is 5.75 Å². The second-order valence-corrected chi connectivity index (χ2v) is 10.7. The number of halogens is 3. The van der Waals surface area contributed by atoms with Crippen LogP contribution in [0.4, 0.5) is 31.9 Å². The van der Waals surface area contributed by atoms with Crippen molar-refractivity contribution < 1.29 is 18.3 Å². The van der Waals surface area contributed by atoms with Crippen LogP contribution in [0.25, 0.3) is 10.9 Å². The van der Waals surface area contributed by atoms with Gasteiger partial charge in [-0.05, 0) is 49.8 Å². The number of aromatic nitrogens is 3. The van der Waals surface area contributed by atoms with Gasteiger partial charge in [0.05, 0.1) is 29.5 Å². The Balaban J connectivity index is 1.37. The number of nitrogens with zero attached hydrogens (tertiary/aromatic N) is 4.